The Hall–Kier alpha value is -2.46. The molecule has 0 bridgehead atoms. The van der Waals surface area contributed by atoms with Crippen LogP contribution in [0.15, 0.2) is 91.0 Å². The Bertz CT molecular complexity index is 717. The zero-order valence-corrected chi connectivity index (χ0v) is 16.1. The molecule has 0 aromatic heterocycles. The van der Waals surface area contributed by atoms with Gasteiger partial charge in [0.15, 0.2) is 0 Å². The second-order valence-electron chi connectivity index (χ2n) is 6.85. The highest BCUT2D eigenvalue weighted by atomic mass is 16.3. The van der Waals surface area contributed by atoms with Gasteiger partial charge in [0.25, 0.3) is 0 Å². The zero-order valence-electron chi connectivity index (χ0n) is 16.1. The second kappa shape index (κ2) is 10.6. The molecule has 5 N–H and O–H groups in total. The van der Waals surface area contributed by atoms with E-state index in [1.165, 1.54) is 11.1 Å². The summed E-state index contributed by atoms with van der Waals surface area (Å²) in [5, 5.41) is 9.47. The predicted octanol–water partition coefficient (Wildman–Crippen LogP) is 4.56. The molecule has 0 saturated heterocycles. The highest BCUT2D eigenvalue weighted by Gasteiger charge is 2.15. The molecule has 4 unspecified atom stereocenters. The first-order valence-electron chi connectivity index (χ1n) is 9.34. The third-order valence-electron chi connectivity index (χ3n) is 4.69. The van der Waals surface area contributed by atoms with Crippen molar-refractivity contribution in [1.82, 2.24) is 0 Å². The number of aliphatic hydroxyl groups is 1. The summed E-state index contributed by atoms with van der Waals surface area (Å²) in [7, 11) is 0. The van der Waals surface area contributed by atoms with Gasteiger partial charge in [-0.2, -0.15) is 0 Å². The maximum absolute atomic E-state index is 9.47. The Morgan fingerprint density at radius 1 is 0.593 bits per heavy atom. The lowest BCUT2D eigenvalue weighted by Gasteiger charge is -2.20. The van der Waals surface area contributed by atoms with Crippen LogP contribution in [0.1, 0.15) is 48.6 Å². The number of nitrogens with two attached hydrogens (primary N) is 2. The van der Waals surface area contributed by atoms with E-state index in [2.05, 4.69) is 43.3 Å². The second-order valence-corrected chi connectivity index (χ2v) is 6.85. The minimum atomic E-state index is -0.545. The molecular weight excluding hydrogens is 332 g/mol. The molecule has 142 valence electrons. The van der Waals surface area contributed by atoms with Crippen LogP contribution in [0.2, 0.25) is 0 Å². The van der Waals surface area contributed by atoms with Crippen LogP contribution in [0.5, 0.6) is 0 Å². The molecule has 0 aliphatic rings. The molecule has 3 heteroatoms. The highest BCUT2D eigenvalue weighted by molar-refractivity contribution is 5.27. The van der Waals surface area contributed by atoms with Crippen molar-refractivity contribution in [3.63, 3.8) is 0 Å². The van der Waals surface area contributed by atoms with E-state index in [4.69, 9.17) is 11.5 Å². The first-order chi connectivity index (χ1) is 13.0. The van der Waals surface area contributed by atoms with Gasteiger partial charge in [-0.3, -0.25) is 0 Å². The molecule has 0 aliphatic heterocycles. The van der Waals surface area contributed by atoms with E-state index in [1.54, 1.807) is 6.92 Å². The van der Waals surface area contributed by atoms with Crippen molar-refractivity contribution >= 4 is 0 Å². The number of hydrogen-bond donors (Lipinski definition) is 3. The normalized spacial score (nSPS) is 15.0. The fraction of sp³-hybridized carbons (Fsp3) is 0.250. The minimum absolute atomic E-state index is 0.0589. The molecule has 0 fully saturated rings. The summed E-state index contributed by atoms with van der Waals surface area (Å²) < 4.78 is 0. The van der Waals surface area contributed by atoms with Crippen molar-refractivity contribution in [2.24, 2.45) is 11.5 Å². The summed E-state index contributed by atoms with van der Waals surface area (Å²) in [6.07, 6.45) is -0.545. The molecule has 0 amide bonds. The Balaban J connectivity index is 0.000000208. The van der Waals surface area contributed by atoms with E-state index in [1.807, 2.05) is 54.6 Å². The first-order valence-corrected chi connectivity index (χ1v) is 9.34. The van der Waals surface area contributed by atoms with Gasteiger partial charge in [0.1, 0.15) is 0 Å². The fourth-order valence-corrected chi connectivity index (χ4v) is 2.88. The molecular formula is C24H30N2O. The van der Waals surface area contributed by atoms with E-state index >= 15 is 0 Å². The van der Waals surface area contributed by atoms with Gasteiger partial charge >= 0.3 is 0 Å². The maximum Gasteiger partial charge on any atom is 0.0938 e. The van der Waals surface area contributed by atoms with Gasteiger partial charge in [0, 0.05) is 18.0 Å². The van der Waals surface area contributed by atoms with Crippen LogP contribution in [-0.2, 0) is 0 Å². The molecule has 0 heterocycles. The van der Waals surface area contributed by atoms with Crippen molar-refractivity contribution in [3.05, 3.63) is 108 Å². The van der Waals surface area contributed by atoms with Gasteiger partial charge in [-0.05, 0) is 23.6 Å². The average molecular weight is 363 g/mol. The smallest absolute Gasteiger partial charge is 0.0938 e. The number of aliphatic hydroxyl groups excluding tert-OH is 1. The standard InChI is InChI=1S/C15H17N.C9H13NO/c1-12(13-8-4-2-5-9-13)15(16)14-10-6-3-7-11-14;1-7(10)9(11)8-5-3-2-4-6-8/h2-12,15H,16H2,1H3;2-7,9,11H,10H2,1H3. The van der Waals surface area contributed by atoms with Gasteiger partial charge in [-0.15, -0.1) is 0 Å². The van der Waals surface area contributed by atoms with Gasteiger partial charge in [-0.25, -0.2) is 0 Å². The minimum Gasteiger partial charge on any atom is -0.387 e. The van der Waals surface area contributed by atoms with Gasteiger partial charge < -0.3 is 16.6 Å². The van der Waals surface area contributed by atoms with Crippen LogP contribution in [0.4, 0.5) is 0 Å². The molecule has 0 spiro atoms. The fourth-order valence-electron chi connectivity index (χ4n) is 2.88. The van der Waals surface area contributed by atoms with Gasteiger partial charge in [-0.1, -0.05) is 97.9 Å². The first kappa shape index (κ1) is 20.8. The van der Waals surface area contributed by atoms with Crippen LogP contribution < -0.4 is 11.5 Å². The van der Waals surface area contributed by atoms with Crippen LogP contribution in [-0.4, -0.2) is 11.1 Å². The van der Waals surface area contributed by atoms with Crippen molar-refractivity contribution < 1.29 is 5.11 Å². The summed E-state index contributed by atoms with van der Waals surface area (Å²) in [5.41, 5.74) is 15.1. The average Bonchev–Trinajstić information content (AvgIpc) is 2.74. The maximum atomic E-state index is 9.47. The zero-order chi connectivity index (χ0) is 19.6. The third-order valence-corrected chi connectivity index (χ3v) is 4.69. The van der Waals surface area contributed by atoms with Crippen molar-refractivity contribution in [2.45, 2.75) is 38.0 Å². The predicted molar refractivity (Wildman–Crippen MR) is 113 cm³/mol. The lowest BCUT2D eigenvalue weighted by molar-refractivity contribution is 0.153. The number of rotatable bonds is 5. The highest BCUT2D eigenvalue weighted by Crippen LogP contribution is 2.27. The number of hydrogen-bond acceptors (Lipinski definition) is 3. The van der Waals surface area contributed by atoms with E-state index in [9.17, 15) is 5.11 Å². The van der Waals surface area contributed by atoms with Crippen LogP contribution in [0.25, 0.3) is 0 Å². The van der Waals surface area contributed by atoms with Crippen LogP contribution in [0.3, 0.4) is 0 Å². The summed E-state index contributed by atoms with van der Waals surface area (Å²) in [6, 6.07) is 30.0. The van der Waals surface area contributed by atoms with E-state index in [-0.39, 0.29) is 12.1 Å². The summed E-state index contributed by atoms with van der Waals surface area (Å²) in [6.45, 7) is 3.96. The number of benzene rings is 3. The molecule has 3 aromatic rings. The monoisotopic (exact) mass is 362 g/mol. The van der Waals surface area contributed by atoms with Gasteiger partial charge in [0.2, 0.25) is 0 Å². The third kappa shape index (κ3) is 6.33. The lowest BCUT2D eigenvalue weighted by atomic mass is 9.89. The summed E-state index contributed by atoms with van der Waals surface area (Å²) >= 11 is 0. The molecule has 3 rings (SSSR count). The Kier molecular flexibility index (Phi) is 8.21. The molecule has 4 atom stereocenters. The largest absolute Gasteiger partial charge is 0.387 e. The van der Waals surface area contributed by atoms with Crippen molar-refractivity contribution in [1.29, 1.82) is 0 Å². The molecule has 0 saturated carbocycles. The Morgan fingerprint density at radius 2 is 0.963 bits per heavy atom. The molecule has 0 radical (unpaired) electrons. The van der Waals surface area contributed by atoms with E-state index in [0.717, 1.165) is 5.56 Å². The Labute approximate surface area is 162 Å². The van der Waals surface area contributed by atoms with Crippen LogP contribution in [0, 0.1) is 0 Å². The van der Waals surface area contributed by atoms with E-state index in [0.29, 0.717) is 5.92 Å². The van der Waals surface area contributed by atoms with Gasteiger partial charge in [0.05, 0.1) is 6.10 Å². The quantitative estimate of drug-likeness (QED) is 0.623. The van der Waals surface area contributed by atoms with Crippen molar-refractivity contribution in [2.75, 3.05) is 0 Å². The topological polar surface area (TPSA) is 72.3 Å². The van der Waals surface area contributed by atoms with Crippen molar-refractivity contribution in [3.8, 4) is 0 Å². The summed E-state index contributed by atoms with van der Waals surface area (Å²) in [5.74, 6) is 0.337. The van der Waals surface area contributed by atoms with E-state index < -0.39 is 6.10 Å². The van der Waals surface area contributed by atoms with Crippen LogP contribution >= 0.6 is 0 Å². The lowest BCUT2D eigenvalue weighted by Crippen LogP contribution is -2.24. The Morgan fingerprint density at radius 3 is 1.37 bits per heavy atom. The SMILES string of the molecule is CC(N)C(O)c1ccccc1.CC(c1ccccc1)C(N)c1ccccc1. The molecule has 0 aliphatic carbocycles. The molecule has 3 aromatic carbocycles. The molecule has 27 heavy (non-hydrogen) atoms. The molecule has 3 nitrogen and oxygen atoms in total. The summed E-state index contributed by atoms with van der Waals surface area (Å²) in [4.78, 5) is 0.